The van der Waals surface area contributed by atoms with Crippen LogP contribution >= 0.6 is 27.3 Å². The number of benzene rings is 1. The molecule has 1 nitrogen and oxygen atoms in total. The molecule has 1 heterocycles. The minimum absolute atomic E-state index is 0.372. The van der Waals surface area contributed by atoms with Gasteiger partial charge in [0.15, 0.2) is 0 Å². The van der Waals surface area contributed by atoms with E-state index in [1.807, 2.05) is 7.05 Å². The minimum Gasteiger partial charge on any atom is -0.313 e. The maximum atomic E-state index is 3.61. The van der Waals surface area contributed by atoms with Crippen LogP contribution < -0.4 is 5.32 Å². The van der Waals surface area contributed by atoms with Crippen LogP contribution in [0.5, 0.6) is 0 Å². The van der Waals surface area contributed by atoms with Gasteiger partial charge in [-0.05, 0) is 58.4 Å². The molecule has 1 aromatic carbocycles. The number of halogens is 1. The molecule has 1 unspecified atom stereocenters. The van der Waals surface area contributed by atoms with Gasteiger partial charge in [-0.1, -0.05) is 24.3 Å². The van der Waals surface area contributed by atoms with Crippen LogP contribution in [0.3, 0.4) is 0 Å². The van der Waals surface area contributed by atoms with Crippen molar-refractivity contribution < 1.29 is 0 Å². The van der Waals surface area contributed by atoms with Gasteiger partial charge in [0, 0.05) is 15.9 Å². The molecule has 1 atom stereocenters. The fourth-order valence-electron chi connectivity index (χ4n) is 1.97. The highest BCUT2D eigenvalue weighted by Gasteiger charge is 2.14. The Morgan fingerprint density at radius 2 is 2.06 bits per heavy atom. The van der Waals surface area contributed by atoms with E-state index in [4.69, 9.17) is 0 Å². The van der Waals surface area contributed by atoms with Crippen LogP contribution in [0.1, 0.15) is 22.7 Å². The van der Waals surface area contributed by atoms with E-state index in [1.165, 1.54) is 21.2 Å². The van der Waals surface area contributed by atoms with Gasteiger partial charge >= 0.3 is 0 Å². The lowest BCUT2D eigenvalue weighted by Gasteiger charge is -2.17. The summed E-state index contributed by atoms with van der Waals surface area (Å²) in [6, 6.07) is 8.95. The van der Waals surface area contributed by atoms with Gasteiger partial charge in [-0.3, -0.25) is 0 Å². The molecular weight excluding hydrogens is 294 g/mol. The van der Waals surface area contributed by atoms with Crippen LogP contribution in [-0.2, 0) is 6.42 Å². The molecule has 0 aliphatic carbocycles. The SMILES string of the molecule is CNC(Cc1ccccc1C)c1cscc1Br. The zero-order valence-corrected chi connectivity index (χ0v) is 12.4. The van der Waals surface area contributed by atoms with Gasteiger partial charge in [0.2, 0.25) is 0 Å². The predicted octanol–water partition coefficient (Wildman–Crippen LogP) is 4.32. The zero-order chi connectivity index (χ0) is 12.3. The standard InChI is InChI=1S/C14H16BrNS/c1-10-5-3-4-6-11(10)7-14(16-2)12-8-17-9-13(12)15/h3-6,8-9,14,16H,7H2,1-2H3. The largest absolute Gasteiger partial charge is 0.313 e. The fourth-order valence-corrected chi connectivity index (χ4v) is 3.59. The van der Waals surface area contributed by atoms with Crippen molar-refractivity contribution in [3.8, 4) is 0 Å². The summed E-state index contributed by atoms with van der Waals surface area (Å²) < 4.78 is 1.20. The summed E-state index contributed by atoms with van der Waals surface area (Å²) in [5.74, 6) is 0. The Labute approximate surface area is 115 Å². The van der Waals surface area contributed by atoms with Gasteiger partial charge in [0.1, 0.15) is 0 Å². The van der Waals surface area contributed by atoms with Crippen LogP contribution in [0.2, 0.25) is 0 Å². The first-order valence-corrected chi connectivity index (χ1v) is 7.39. The van der Waals surface area contributed by atoms with Crippen LogP contribution in [-0.4, -0.2) is 7.05 Å². The maximum Gasteiger partial charge on any atom is 0.0378 e. The van der Waals surface area contributed by atoms with Gasteiger partial charge in [0.25, 0.3) is 0 Å². The van der Waals surface area contributed by atoms with Crippen molar-refractivity contribution >= 4 is 27.3 Å². The predicted molar refractivity (Wildman–Crippen MR) is 78.7 cm³/mol. The first kappa shape index (κ1) is 12.8. The average molecular weight is 310 g/mol. The lowest BCUT2D eigenvalue weighted by Crippen LogP contribution is -2.19. The second-order valence-electron chi connectivity index (χ2n) is 4.15. The Bertz CT molecular complexity index is 492. The fraction of sp³-hybridized carbons (Fsp3) is 0.286. The van der Waals surface area contributed by atoms with Crippen molar-refractivity contribution in [1.82, 2.24) is 5.32 Å². The Morgan fingerprint density at radius 1 is 1.29 bits per heavy atom. The highest BCUT2D eigenvalue weighted by molar-refractivity contribution is 9.10. The van der Waals surface area contributed by atoms with E-state index in [0.29, 0.717) is 6.04 Å². The Morgan fingerprint density at radius 3 is 2.65 bits per heavy atom. The highest BCUT2D eigenvalue weighted by atomic mass is 79.9. The lowest BCUT2D eigenvalue weighted by molar-refractivity contribution is 0.590. The molecule has 0 aliphatic heterocycles. The Kier molecular flexibility index (Phi) is 4.37. The number of aryl methyl sites for hydroxylation is 1. The number of rotatable bonds is 4. The number of likely N-dealkylation sites (N-methyl/N-ethyl adjacent to an activating group) is 1. The molecule has 0 bridgehead atoms. The second kappa shape index (κ2) is 5.80. The average Bonchev–Trinajstić information content (AvgIpc) is 2.75. The maximum absolute atomic E-state index is 3.61. The van der Waals surface area contributed by atoms with E-state index in [9.17, 15) is 0 Å². The third kappa shape index (κ3) is 2.97. The summed E-state index contributed by atoms with van der Waals surface area (Å²) in [6.45, 7) is 2.17. The van der Waals surface area contributed by atoms with Crippen LogP contribution in [0, 0.1) is 6.92 Å². The number of hydrogen-bond acceptors (Lipinski definition) is 2. The molecule has 90 valence electrons. The zero-order valence-electron chi connectivity index (χ0n) is 10.0. The topological polar surface area (TPSA) is 12.0 Å². The van der Waals surface area contributed by atoms with Gasteiger partial charge in [-0.2, -0.15) is 11.3 Å². The van der Waals surface area contributed by atoms with Gasteiger partial charge in [-0.25, -0.2) is 0 Å². The monoisotopic (exact) mass is 309 g/mol. The molecule has 0 fully saturated rings. The van der Waals surface area contributed by atoms with Crippen LogP contribution in [0.4, 0.5) is 0 Å². The lowest BCUT2D eigenvalue weighted by atomic mass is 9.98. The molecule has 0 saturated heterocycles. The summed E-state index contributed by atoms with van der Waals surface area (Å²) in [5.41, 5.74) is 4.12. The molecule has 0 amide bonds. The van der Waals surface area contributed by atoms with Gasteiger partial charge < -0.3 is 5.32 Å². The molecule has 0 radical (unpaired) electrons. The van der Waals surface area contributed by atoms with Crippen molar-refractivity contribution in [3.05, 3.63) is 56.2 Å². The van der Waals surface area contributed by atoms with Crippen molar-refractivity contribution in [1.29, 1.82) is 0 Å². The first-order valence-electron chi connectivity index (χ1n) is 5.65. The summed E-state index contributed by atoms with van der Waals surface area (Å²) in [4.78, 5) is 0. The van der Waals surface area contributed by atoms with Crippen molar-refractivity contribution in [2.45, 2.75) is 19.4 Å². The van der Waals surface area contributed by atoms with Gasteiger partial charge in [-0.15, -0.1) is 0 Å². The van der Waals surface area contributed by atoms with Crippen LogP contribution in [0.25, 0.3) is 0 Å². The normalized spacial score (nSPS) is 12.6. The Hall–Kier alpha value is -0.640. The van der Waals surface area contributed by atoms with E-state index < -0.39 is 0 Å². The highest BCUT2D eigenvalue weighted by Crippen LogP contribution is 2.29. The van der Waals surface area contributed by atoms with E-state index in [1.54, 1.807) is 11.3 Å². The van der Waals surface area contributed by atoms with Crippen molar-refractivity contribution in [3.63, 3.8) is 0 Å². The number of hydrogen-bond donors (Lipinski definition) is 1. The van der Waals surface area contributed by atoms with E-state index in [-0.39, 0.29) is 0 Å². The van der Waals surface area contributed by atoms with Crippen molar-refractivity contribution in [2.24, 2.45) is 0 Å². The molecule has 1 N–H and O–H groups in total. The van der Waals surface area contributed by atoms with E-state index in [0.717, 1.165) is 6.42 Å². The summed E-state index contributed by atoms with van der Waals surface area (Å²) >= 11 is 5.35. The Balaban J connectivity index is 2.22. The number of thiophene rings is 1. The quantitative estimate of drug-likeness (QED) is 0.886. The summed E-state index contributed by atoms with van der Waals surface area (Å²) in [5, 5.41) is 7.75. The van der Waals surface area contributed by atoms with E-state index in [2.05, 4.69) is 63.2 Å². The summed E-state index contributed by atoms with van der Waals surface area (Å²) in [6.07, 6.45) is 1.03. The first-order chi connectivity index (χ1) is 8.22. The number of nitrogens with one attached hydrogen (secondary N) is 1. The third-order valence-electron chi connectivity index (χ3n) is 3.05. The second-order valence-corrected chi connectivity index (χ2v) is 5.74. The van der Waals surface area contributed by atoms with E-state index >= 15 is 0 Å². The molecule has 0 spiro atoms. The molecule has 1 aromatic heterocycles. The molecule has 2 rings (SSSR count). The molecular formula is C14H16BrNS. The molecule has 0 aliphatic rings. The smallest absolute Gasteiger partial charge is 0.0378 e. The molecule has 17 heavy (non-hydrogen) atoms. The van der Waals surface area contributed by atoms with Gasteiger partial charge in [0.05, 0.1) is 0 Å². The van der Waals surface area contributed by atoms with Crippen molar-refractivity contribution in [2.75, 3.05) is 7.05 Å². The molecule has 0 saturated carbocycles. The molecule has 3 heteroatoms. The van der Waals surface area contributed by atoms with Crippen LogP contribution in [0.15, 0.2) is 39.5 Å². The minimum atomic E-state index is 0.372. The molecule has 2 aromatic rings. The third-order valence-corrected chi connectivity index (χ3v) is 4.80. The summed E-state index contributed by atoms with van der Waals surface area (Å²) in [7, 11) is 2.02.